The zero-order valence-electron chi connectivity index (χ0n) is 15.7. The van der Waals surface area contributed by atoms with Crippen LogP contribution < -0.4 is 14.4 Å². The van der Waals surface area contributed by atoms with Crippen molar-refractivity contribution in [3.63, 3.8) is 0 Å². The van der Waals surface area contributed by atoms with Gasteiger partial charge >= 0.3 is 5.97 Å². The first-order valence-corrected chi connectivity index (χ1v) is 8.52. The van der Waals surface area contributed by atoms with Crippen molar-refractivity contribution in [2.75, 3.05) is 32.3 Å². The summed E-state index contributed by atoms with van der Waals surface area (Å²) in [6.45, 7) is 2.09. The summed E-state index contributed by atoms with van der Waals surface area (Å²) in [5.41, 5.74) is 1.48. The van der Waals surface area contributed by atoms with Gasteiger partial charge in [-0.1, -0.05) is 24.3 Å². The number of esters is 1. The first-order chi connectivity index (χ1) is 13.0. The van der Waals surface area contributed by atoms with E-state index in [0.717, 1.165) is 11.3 Å². The summed E-state index contributed by atoms with van der Waals surface area (Å²) in [5, 5.41) is 0. The fourth-order valence-corrected chi connectivity index (χ4v) is 2.30. The first kappa shape index (κ1) is 20.0. The quantitative estimate of drug-likeness (QED) is 0.528. The molecule has 0 aliphatic rings. The molecule has 0 saturated heterocycles. The molecule has 2 aromatic rings. The molecule has 0 aliphatic heterocycles. The van der Waals surface area contributed by atoms with Gasteiger partial charge in [-0.15, -0.1) is 0 Å². The number of amides is 1. The first-order valence-electron chi connectivity index (χ1n) is 8.52. The van der Waals surface area contributed by atoms with Crippen molar-refractivity contribution < 1.29 is 23.8 Å². The zero-order valence-corrected chi connectivity index (χ0v) is 15.7. The Bertz CT molecular complexity index is 801. The van der Waals surface area contributed by atoms with Gasteiger partial charge in [-0.3, -0.25) is 4.79 Å². The summed E-state index contributed by atoms with van der Waals surface area (Å²) in [4.78, 5) is 25.4. The average molecular weight is 369 g/mol. The van der Waals surface area contributed by atoms with E-state index < -0.39 is 5.97 Å². The molecule has 1 amide bonds. The van der Waals surface area contributed by atoms with Gasteiger partial charge in [0.05, 0.1) is 13.7 Å². The van der Waals surface area contributed by atoms with Crippen LogP contribution in [0.2, 0.25) is 0 Å². The smallest absolute Gasteiger partial charge is 0.331 e. The molecule has 0 aromatic heterocycles. The number of rotatable bonds is 8. The van der Waals surface area contributed by atoms with Crippen LogP contribution in [0.5, 0.6) is 11.5 Å². The minimum atomic E-state index is -0.599. The number of nitrogens with zero attached hydrogens (tertiary/aromatic N) is 1. The van der Waals surface area contributed by atoms with Crippen LogP contribution in [0.15, 0.2) is 54.6 Å². The molecule has 0 spiro atoms. The van der Waals surface area contributed by atoms with Crippen molar-refractivity contribution in [1.82, 2.24) is 0 Å². The van der Waals surface area contributed by atoms with Gasteiger partial charge in [0, 0.05) is 18.8 Å². The van der Waals surface area contributed by atoms with Crippen LogP contribution in [0.25, 0.3) is 6.08 Å². The van der Waals surface area contributed by atoms with Gasteiger partial charge in [-0.05, 0) is 42.8 Å². The highest BCUT2D eigenvalue weighted by molar-refractivity contribution is 5.96. The Hall–Kier alpha value is -3.28. The number of ether oxygens (including phenoxy) is 3. The highest BCUT2D eigenvalue weighted by atomic mass is 16.5. The lowest BCUT2D eigenvalue weighted by Gasteiger charge is -2.16. The molecular weight excluding hydrogens is 346 g/mol. The van der Waals surface area contributed by atoms with Crippen molar-refractivity contribution in [2.24, 2.45) is 0 Å². The van der Waals surface area contributed by atoms with Gasteiger partial charge in [0.2, 0.25) is 0 Å². The normalized spacial score (nSPS) is 10.5. The highest BCUT2D eigenvalue weighted by Gasteiger charge is 2.12. The second kappa shape index (κ2) is 10.0. The zero-order chi connectivity index (χ0) is 19.6. The average Bonchev–Trinajstić information content (AvgIpc) is 2.71. The fraction of sp³-hybridized carbons (Fsp3) is 0.238. The lowest BCUT2D eigenvalue weighted by molar-refractivity contribution is -0.142. The third kappa shape index (κ3) is 5.88. The third-order valence-corrected chi connectivity index (χ3v) is 3.75. The molecular formula is C21H23NO5. The number of hydrogen-bond donors (Lipinski definition) is 0. The molecule has 0 N–H and O–H groups in total. The predicted octanol–water partition coefficient (Wildman–Crippen LogP) is 3.31. The molecule has 0 fully saturated rings. The summed E-state index contributed by atoms with van der Waals surface area (Å²) < 4.78 is 15.7. The van der Waals surface area contributed by atoms with Crippen LogP contribution in [0, 0.1) is 0 Å². The Balaban J connectivity index is 1.90. The molecule has 0 atom stereocenters. The van der Waals surface area contributed by atoms with Crippen LogP contribution in [-0.4, -0.2) is 39.2 Å². The number of hydrogen-bond acceptors (Lipinski definition) is 5. The van der Waals surface area contributed by atoms with Crippen LogP contribution in [0.4, 0.5) is 5.69 Å². The van der Waals surface area contributed by atoms with E-state index in [1.165, 1.54) is 11.0 Å². The molecule has 0 saturated carbocycles. The lowest BCUT2D eigenvalue weighted by atomic mass is 10.2. The summed E-state index contributed by atoms with van der Waals surface area (Å²) >= 11 is 0. The molecule has 0 unspecified atom stereocenters. The van der Waals surface area contributed by atoms with Crippen molar-refractivity contribution in [1.29, 1.82) is 0 Å². The highest BCUT2D eigenvalue weighted by Crippen LogP contribution is 2.28. The van der Waals surface area contributed by atoms with Gasteiger partial charge in [0.15, 0.2) is 18.1 Å². The van der Waals surface area contributed by atoms with Gasteiger partial charge in [0.25, 0.3) is 5.91 Å². The fourth-order valence-electron chi connectivity index (χ4n) is 2.30. The van der Waals surface area contributed by atoms with Crippen LogP contribution in [0.3, 0.4) is 0 Å². The summed E-state index contributed by atoms with van der Waals surface area (Å²) in [5.74, 6) is 0.296. The monoisotopic (exact) mass is 369 g/mol. The molecule has 0 aliphatic carbocycles. The number of likely N-dealkylation sites (N-methyl/N-ethyl adjacent to an activating group) is 1. The number of anilines is 1. The number of benzene rings is 2. The number of carbonyl (C=O) groups is 2. The maximum Gasteiger partial charge on any atom is 0.331 e. The van der Waals surface area contributed by atoms with E-state index in [0.29, 0.717) is 18.1 Å². The third-order valence-electron chi connectivity index (χ3n) is 3.75. The van der Waals surface area contributed by atoms with E-state index in [1.807, 2.05) is 25.1 Å². The van der Waals surface area contributed by atoms with Gasteiger partial charge in [-0.25, -0.2) is 4.79 Å². The number of methoxy groups -OCH3 is 1. The minimum Gasteiger partial charge on any atom is -0.493 e. The van der Waals surface area contributed by atoms with E-state index in [1.54, 1.807) is 50.6 Å². The standard InChI is InChI=1S/C21H23NO5/c1-4-26-18-12-10-16(14-19(18)25-3)11-13-21(24)27-15-20(23)22(2)17-8-6-5-7-9-17/h5-14H,4,15H2,1-3H3/b13-11+. The summed E-state index contributed by atoms with van der Waals surface area (Å²) in [7, 11) is 3.18. The second-order valence-corrected chi connectivity index (χ2v) is 5.57. The molecule has 0 bridgehead atoms. The van der Waals surface area contributed by atoms with Crippen molar-refractivity contribution in [2.45, 2.75) is 6.92 Å². The van der Waals surface area contributed by atoms with Crippen molar-refractivity contribution >= 4 is 23.6 Å². The molecule has 6 heteroatoms. The second-order valence-electron chi connectivity index (χ2n) is 5.57. The van der Waals surface area contributed by atoms with Gasteiger partial charge in [-0.2, -0.15) is 0 Å². The Kier molecular flexibility index (Phi) is 7.43. The van der Waals surface area contributed by atoms with Crippen LogP contribution in [0.1, 0.15) is 12.5 Å². The Morgan fingerprint density at radius 1 is 1.07 bits per heavy atom. The maximum atomic E-state index is 12.1. The molecule has 0 radical (unpaired) electrons. The summed E-state index contributed by atoms with van der Waals surface area (Å²) in [6, 6.07) is 14.5. The maximum absolute atomic E-state index is 12.1. The number of carbonyl (C=O) groups excluding carboxylic acids is 2. The molecule has 142 valence electrons. The van der Waals surface area contributed by atoms with E-state index in [2.05, 4.69) is 0 Å². The lowest BCUT2D eigenvalue weighted by Crippen LogP contribution is -2.30. The molecule has 0 heterocycles. The van der Waals surface area contributed by atoms with E-state index in [-0.39, 0.29) is 12.5 Å². The van der Waals surface area contributed by atoms with Crippen LogP contribution >= 0.6 is 0 Å². The largest absolute Gasteiger partial charge is 0.493 e. The van der Waals surface area contributed by atoms with E-state index in [4.69, 9.17) is 14.2 Å². The Morgan fingerprint density at radius 2 is 1.81 bits per heavy atom. The topological polar surface area (TPSA) is 65.1 Å². The van der Waals surface area contributed by atoms with Crippen LogP contribution in [-0.2, 0) is 14.3 Å². The molecule has 2 rings (SSSR count). The minimum absolute atomic E-state index is 0.314. The van der Waals surface area contributed by atoms with E-state index >= 15 is 0 Å². The summed E-state index contributed by atoms with van der Waals surface area (Å²) in [6.07, 6.45) is 2.86. The Morgan fingerprint density at radius 3 is 2.48 bits per heavy atom. The number of para-hydroxylation sites is 1. The van der Waals surface area contributed by atoms with Crippen molar-refractivity contribution in [3.05, 3.63) is 60.2 Å². The van der Waals surface area contributed by atoms with Crippen molar-refractivity contribution in [3.8, 4) is 11.5 Å². The molecule has 6 nitrogen and oxygen atoms in total. The Labute approximate surface area is 159 Å². The molecule has 27 heavy (non-hydrogen) atoms. The predicted molar refractivity (Wildman–Crippen MR) is 104 cm³/mol. The molecule has 2 aromatic carbocycles. The van der Waals surface area contributed by atoms with E-state index in [9.17, 15) is 9.59 Å². The SMILES string of the molecule is CCOc1ccc(/C=C/C(=O)OCC(=O)N(C)c2ccccc2)cc1OC. The van der Waals surface area contributed by atoms with Gasteiger partial charge < -0.3 is 19.1 Å². The van der Waals surface area contributed by atoms with Gasteiger partial charge in [0.1, 0.15) is 0 Å².